The van der Waals surface area contributed by atoms with E-state index in [2.05, 4.69) is 11.6 Å². The summed E-state index contributed by atoms with van der Waals surface area (Å²) in [6, 6.07) is 1.42. The van der Waals surface area contributed by atoms with Crippen molar-refractivity contribution in [3.05, 3.63) is 21.3 Å². The second-order valence-electron chi connectivity index (χ2n) is 2.08. The van der Waals surface area contributed by atoms with Gasteiger partial charge in [-0.3, -0.25) is 0 Å². The van der Waals surface area contributed by atoms with Crippen molar-refractivity contribution in [2.24, 2.45) is 0 Å². The molecule has 0 aromatic carbocycles. The van der Waals surface area contributed by atoms with Gasteiger partial charge in [0, 0.05) is 0 Å². The highest BCUT2D eigenvalue weighted by Crippen LogP contribution is 2.40. The van der Waals surface area contributed by atoms with Crippen LogP contribution in [0.5, 0.6) is 0 Å². The van der Waals surface area contributed by atoms with Crippen molar-refractivity contribution in [1.29, 1.82) is 0 Å². The zero-order valence-electron chi connectivity index (χ0n) is 5.60. The zero-order valence-corrected chi connectivity index (χ0v) is 7.93. The summed E-state index contributed by atoms with van der Waals surface area (Å²) in [6.45, 7) is 0. The molecule has 1 N–H and O–H groups in total. The summed E-state index contributed by atoms with van der Waals surface area (Å²) in [5.41, 5.74) is 0. The van der Waals surface area contributed by atoms with Crippen molar-refractivity contribution >= 4 is 34.5 Å². The van der Waals surface area contributed by atoms with Gasteiger partial charge in [0.1, 0.15) is 0 Å². The quantitative estimate of drug-likeness (QED) is 0.777. The van der Waals surface area contributed by atoms with E-state index >= 15 is 0 Å². The molecule has 0 aliphatic rings. The Morgan fingerprint density at radius 3 is 2.50 bits per heavy atom. The number of rotatable bonds is 2. The molecule has 0 aliphatic heterocycles. The van der Waals surface area contributed by atoms with E-state index < -0.39 is 11.5 Å². The van der Waals surface area contributed by atoms with E-state index in [1.165, 1.54) is 11.4 Å². The van der Waals surface area contributed by atoms with E-state index in [0.717, 1.165) is 11.3 Å². The first-order chi connectivity index (χ1) is 5.43. The predicted octanol–water partition coefficient (Wildman–Crippen LogP) is 3.27. The normalized spacial score (nSPS) is 14.8. The monoisotopic (exact) mass is 232 g/mol. The lowest BCUT2D eigenvalue weighted by atomic mass is 10.3. The fraction of sp³-hybridized carbons (Fsp3) is 0.333. The Morgan fingerprint density at radius 2 is 2.17 bits per heavy atom. The van der Waals surface area contributed by atoms with Crippen LogP contribution >= 0.6 is 34.5 Å². The summed E-state index contributed by atoms with van der Waals surface area (Å²) in [5, 5.41) is 6.91. The van der Waals surface area contributed by atoms with Crippen molar-refractivity contribution in [3.8, 4) is 0 Å². The van der Waals surface area contributed by atoms with Crippen molar-refractivity contribution in [2.45, 2.75) is 11.5 Å². The molecule has 0 bridgehead atoms. The van der Waals surface area contributed by atoms with Crippen molar-refractivity contribution in [1.82, 2.24) is 0 Å². The number of halogens is 4. The van der Waals surface area contributed by atoms with Crippen molar-refractivity contribution in [3.63, 3.8) is 0 Å². The molecule has 1 nitrogen and oxygen atoms in total. The number of aliphatic hydroxyl groups is 1. The standard InChI is InChI=1S/C6H4Cl2F2OS/c7-3-1-2-12-4(3)5(11)6(8,9)10/h1-2,5,11H. The third kappa shape index (κ3) is 2.07. The summed E-state index contributed by atoms with van der Waals surface area (Å²) in [5.74, 6) is 0. The lowest BCUT2D eigenvalue weighted by molar-refractivity contribution is -0.0405. The van der Waals surface area contributed by atoms with Crippen LogP contribution in [0.3, 0.4) is 0 Å². The lowest BCUT2D eigenvalue weighted by Gasteiger charge is -2.14. The van der Waals surface area contributed by atoms with E-state index in [0.29, 0.717) is 0 Å². The average Bonchev–Trinajstić information content (AvgIpc) is 2.31. The number of hydrogen-bond acceptors (Lipinski definition) is 2. The van der Waals surface area contributed by atoms with Crippen LogP contribution in [0.4, 0.5) is 8.78 Å². The van der Waals surface area contributed by atoms with Crippen molar-refractivity contribution in [2.75, 3.05) is 0 Å². The van der Waals surface area contributed by atoms with Gasteiger partial charge in [0.05, 0.1) is 9.90 Å². The molecule has 0 saturated carbocycles. The Morgan fingerprint density at radius 1 is 1.58 bits per heavy atom. The molecule has 1 aromatic heterocycles. The first-order valence-electron chi connectivity index (χ1n) is 2.90. The highest BCUT2D eigenvalue weighted by molar-refractivity contribution is 7.10. The molecule has 6 heteroatoms. The summed E-state index contributed by atoms with van der Waals surface area (Å²) in [6.07, 6.45) is -2.04. The molecule has 12 heavy (non-hydrogen) atoms. The van der Waals surface area contributed by atoms with E-state index in [1.807, 2.05) is 0 Å². The van der Waals surface area contributed by atoms with Gasteiger partial charge in [-0.2, -0.15) is 8.78 Å². The van der Waals surface area contributed by atoms with E-state index in [4.69, 9.17) is 16.7 Å². The summed E-state index contributed by atoms with van der Waals surface area (Å²) in [7, 11) is 0. The number of aliphatic hydroxyl groups excluding tert-OH is 1. The number of hydrogen-bond donors (Lipinski definition) is 1. The maximum Gasteiger partial charge on any atom is 0.352 e. The summed E-state index contributed by atoms with van der Waals surface area (Å²) < 4.78 is 24.6. The van der Waals surface area contributed by atoms with Gasteiger partial charge in [-0.25, -0.2) is 0 Å². The molecule has 0 radical (unpaired) electrons. The van der Waals surface area contributed by atoms with Crippen LogP contribution in [0, 0.1) is 0 Å². The lowest BCUT2D eigenvalue weighted by Crippen LogP contribution is -2.17. The van der Waals surface area contributed by atoms with Gasteiger partial charge in [-0.05, 0) is 23.0 Å². The molecule has 0 aliphatic carbocycles. The number of thiophene rings is 1. The van der Waals surface area contributed by atoms with E-state index in [1.54, 1.807) is 0 Å². The van der Waals surface area contributed by atoms with Gasteiger partial charge in [0.25, 0.3) is 0 Å². The smallest absolute Gasteiger partial charge is 0.352 e. The molecule has 1 atom stereocenters. The van der Waals surface area contributed by atoms with Crippen LogP contribution < -0.4 is 0 Å². The molecule has 68 valence electrons. The Hall–Kier alpha value is 0.1000. The molecule has 1 rings (SSSR count). The third-order valence-electron chi connectivity index (χ3n) is 1.20. The molecule has 1 aromatic rings. The largest absolute Gasteiger partial charge is 0.380 e. The second kappa shape index (κ2) is 3.46. The molecular weight excluding hydrogens is 229 g/mol. The summed E-state index contributed by atoms with van der Waals surface area (Å²) in [4.78, 5) is -0.0170. The van der Waals surface area contributed by atoms with Crippen molar-refractivity contribution < 1.29 is 13.9 Å². The van der Waals surface area contributed by atoms with Crippen LogP contribution in [-0.4, -0.2) is 10.5 Å². The van der Waals surface area contributed by atoms with Gasteiger partial charge in [0.15, 0.2) is 6.10 Å². The van der Waals surface area contributed by atoms with E-state index in [9.17, 15) is 8.78 Å². The van der Waals surface area contributed by atoms with Crippen LogP contribution in [0.25, 0.3) is 0 Å². The fourth-order valence-electron chi connectivity index (χ4n) is 0.649. The van der Waals surface area contributed by atoms with E-state index in [-0.39, 0.29) is 9.90 Å². The first kappa shape index (κ1) is 10.2. The minimum absolute atomic E-state index is 0.0170. The Kier molecular flexibility index (Phi) is 2.93. The molecule has 1 heterocycles. The van der Waals surface area contributed by atoms with Gasteiger partial charge in [-0.1, -0.05) is 11.6 Å². The predicted molar refractivity (Wildman–Crippen MR) is 45.1 cm³/mol. The minimum Gasteiger partial charge on any atom is -0.380 e. The molecule has 0 fully saturated rings. The first-order valence-corrected chi connectivity index (χ1v) is 4.54. The molecule has 0 saturated heterocycles. The third-order valence-corrected chi connectivity index (χ3v) is 2.82. The topological polar surface area (TPSA) is 20.2 Å². The van der Waals surface area contributed by atoms with Gasteiger partial charge >= 0.3 is 5.38 Å². The maximum atomic E-state index is 12.3. The summed E-state index contributed by atoms with van der Waals surface area (Å²) >= 11 is 11.0. The Labute approximate surface area is 81.5 Å². The fourth-order valence-corrected chi connectivity index (χ4v) is 2.01. The Balaban J connectivity index is 2.92. The highest BCUT2D eigenvalue weighted by atomic mass is 35.5. The molecule has 1 unspecified atom stereocenters. The van der Waals surface area contributed by atoms with Crippen LogP contribution in [0.2, 0.25) is 5.02 Å². The highest BCUT2D eigenvalue weighted by Gasteiger charge is 2.38. The van der Waals surface area contributed by atoms with Gasteiger partial charge in [0.2, 0.25) is 0 Å². The zero-order chi connectivity index (χ0) is 9.35. The second-order valence-corrected chi connectivity index (χ2v) is 3.94. The van der Waals surface area contributed by atoms with Crippen LogP contribution in [-0.2, 0) is 0 Å². The Bertz CT molecular complexity index is 271. The SMILES string of the molecule is OC(c1sccc1Cl)C(F)(F)Cl. The molecule has 0 spiro atoms. The van der Waals surface area contributed by atoms with Gasteiger partial charge < -0.3 is 5.11 Å². The number of alkyl halides is 3. The van der Waals surface area contributed by atoms with Crippen LogP contribution in [0.1, 0.15) is 11.0 Å². The van der Waals surface area contributed by atoms with Crippen LogP contribution in [0.15, 0.2) is 11.4 Å². The molecule has 0 amide bonds. The average molecular weight is 233 g/mol. The molecular formula is C6H4Cl2F2OS. The minimum atomic E-state index is -3.67. The van der Waals surface area contributed by atoms with Gasteiger partial charge in [-0.15, -0.1) is 11.3 Å². The maximum absolute atomic E-state index is 12.3.